The summed E-state index contributed by atoms with van der Waals surface area (Å²) < 4.78 is 2.37. The van der Waals surface area contributed by atoms with Crippen LogP contribution in [-0.4, -0.2) is 14.5 Å². The van der Waals surface area contributed by atoms with Gasteiger partial charge in [-0.3, -0.25) is 0 Å². The second-order valence-corrected chi connectivity index (χ2v) is 10.2. The van der Waals surface area contributed by atoms with Crippen LogP contribution in [0.4, 0.5) is 0 Å². The Morgan fingerprint density at radius 1 is 0.390 bits per heavy atom. The molecule has 0 atom stereocenters. The average Bonchev–Trinajstić information content (AvgIpc) is 3.40. The molecule has 0 bridgehead atoms. The molecule has 0 aliphatic carbocycles. The van der Waals surface area contributed by atoms with E-state index in [1.807, 2.05) is 30.3 Å². The molecule has 0 amide bonds. The molecule has 0 unspecified atom stereocenters. The van der Waals surface area contributed by atoms with Crippen LogP contribution in [0.1, 0.15) is 0 Å². The summed E-state index contributed by atoms with van der Waals surface area (Å²) in [6, 6.07) is 53.0. The number of benzene rings is 6. The molecular formula is C38H25N3. The summed E-state index contributed by atoms with van der Waals surface area (Å²) in [5.74, 6) is 0.707. The number of para-hydroxylation sites is 1. The highest BCUT2D eigenvalue weighted by Crippen LogP contribution is 2.42. The van der Waals surface area contributed by atoms with Crippen molar-refractivity contribution < 1.29 is 0 Å². The molecule has 0 fully saturated rings. The molecular weight excluding hydrogens is 498 g/mol. The Hall–Kier alpha value is -5.54. The molecule has 6 aromatic carbocycles. The number of fused-ring (bicyclic) bond motifs is 5. The van der Waals surface area contributed by atoms with Crippen LogP contribution in [-0.2, 0) is 0 Å². The summed E-state index contributed by atoms with van der Waals surface area (Å²) in [5.41, 5.74) is 8.12. The maximum absolute atomic E-state index is 5.30. The highest BCUT2D eigenvalue weighted by molar-refractivity contribution is 6.21. The molecule has 0 aliphatic heterocycles. The van der Waals surface area contributed by atoms with Crippen LogP contribution in [0.25, 0.3) is 72.2 Å². The zero-order valence-corrected chi connectivity index (χ0v) is 22.3. The van der Waals surface area contributed by atoms with E-state index in [0.717, 1.165) is 44.8 Å². The largest absolute Gasteiger partial charge is 0.305 e. The van der Waals surface area contributed by atoms with E-state index in [1.165, 1.54) is 21.5 Å². The molecule has 192 valence electrons. The Labute approximate surface area is 238 Å². The molecule has 0 spiro atoms. The number of rotatable bonds is 4. The van der Waals surface area contributed by atoms with E-state index in [4.69, 9.17) is 9.97 Å². The quantitative estimate of drug-likeness (QED) is 0.230. The number of hydrogen-bond acceptors (Lipinski definition) is 2. The fourth-order valence-electron chi connectivity index (χ4n) is 5.96. The van der Waals surface area contributed by atoms with E-state index < -0.39 is 0 Å². The second-order valence-electron chi connectivity index (χ2n) is 10.2. The van der Waals surface area contributed by atoms with Crippen molar-refractivity contribution in [3.8, 4) is 39.6 Å². The third-order valence-corrected chi connectivity index (χ3v) is 7.80. The van der Waals surface area contributed by atoms with Crippen LogP contribution in [0, 0.1) is 0 Å². The van der Waals surface area contributed by atoms with Crippen LogP contribution < -0.4 is 0 Å². The first-order valence-electron chi connectivity index (χ1n) is 13.9. The molecule has 2 heterocycles. The van der Waals surface area contributed by atoms with Gasteiger partial charge in [0.25, 0.3) is 0 Å². The first-order chi connectivity index (χ1) is 20.4. The lowest BCUT2D eigenvalue weighted by atomic mass is 10.0. The average molecular weight is 524 g/mol. The van der Waals surface area contributed by atoms with Crippen molar-refractivity contribution in [1.82, 2.24) is 14.5 Å². The second kappa shape index (κ2) is 9.58. The van der Waals surface area contributed by atoms with Crippen molar-refractivity contribution >= 4 is 32.6 Å². The molecule has 3 heteroatoms. The highest BCUT2D eigenvalue weighted by atomic mass is 15.0. The lowest BCUT2D eigenvalue weighted by Gasteiger charge is -2.19. The minimum absolute atomic E-state index is 0.707. The van der Waals surface area contributed by atoms with Gasteiger partial charge in [0.15, 0.2) is 5.82 Å². The Morgan fingerprint density at radius 2 is 0.902 bits per heavy atom. The summed E-state index contributed by atoms with van der Waals surface area (Å²) in [4.78, 5) is 10.6. The zero-order chi connectivity index (χ0) is 27.2. The lowest BCUT2D eigenvalue weighted by molar-refractivity contribution is 1.09. The van der Waals surface area contributed by atoms with Gasteiger partial charge in [0, 0.05) is 27.5 Å². The van der Waals surface area contributed by atoms with Gasteiger partial charge in [-0.05, 0) is 22.9 Å². The minimum Gasteiger partial charge on any atom is -0.305 e. The molecule has 8 aromatic rings. The van der Waals surface area contributed by atoms with Gasteiger partial charge < -0.3 is 4.57 Å². The smallest absolute Gasteiger partial charge is 0.160 e. The van der Waals surface area contributed by atoms with Gasteiger partial charge in [-0.2, -0.15) is 0 Å². The summed E-state index contributed by atoms with van der Waals surface area (Å²) in [6.07, 6.45) is 0. The van der Waals surface area contributed by atoms with Crippen LogP contribution >= 0.6 is 0 Å². The lowest BCUT2D eigenvalue weighted by Crippen LogP contribution is -2.06. The zero-order valence-electron chi connectivity index (χ0n) is 22.3. The van der Waals surface area contributed by atoms with Crippen molar-refractivity contribution in [1.29, 1.82) is 0 Å². The van der Waals surface area contributed by atoms with Gasteiger partial charge in [0.1, 0.15) is 0 Å². The van der Waals surface area contributed by atoms with E-state index in [1.54, 1.807) is 0 Å². The molecule has 0 saturated heterocycles. The third kappa shape index (κ3) is 3.82. The van der Waals surface area contributed by atoms with Crippen molar-refractivity contribution in [2.45, 2.75) is 0 Å². The van der Waals surface area contributed by atoms with Gasteiger partial charge in [-0.25, -0.2) is 9.97 Å². The first-order valence-corrected chi connectivity index (χ1v) is 13.9. The van der Waals surface area contributed by atoms with Gasteiger partial charge in [-0.15, -0.1) is 0 Å². The monoisotopic (exact) mass is 523 g/mol. The van der Waals surface area contributed by atoms with Crippen molar-refractivity contribution in [3.63, 3.8) is 0 Å². The van der Waals surface area contributed by atoms with Crippen LogP contribution in [0.5, 0.6) is 0 Å². The molecule has 8 rings (SSSR count). The molecule has 0 N–H and O–H groups in total. The van der Waals surface area contributed by atoms with Gasteiger partial charge in [0.05, 0.1) is 28.1 Å². The molecule has 0 saturated carbocycles. The summed E-state index contributed by atoms with van der Waals surface area (Å²) in [5, 5.41) is 4.92. The van der Waals surface area contributed by atoms with Gasteiger partial charge in [-0.1, -0.05) is 140 Å². The van der Waals surface area contributed by atoms with E-state index in [2.05, 4.69) is 126 Å². The van der Waals surface area contributed by atoms with E-state index >= 15 is 0 Å². The van der Waals surface area contributed by atoms with Gasteiger partial charge in [0.2, 0.25) is 0 Å². The fraction of sp³-hybridized carbons (Fsp3) is 0. The predicted octanol–water partition coefficient (Wildman–Crippen LogP) is 9.73. The SMILES string of the molecule is c1ccc(-c2nc(-c3ccccc3)c(-n3c4ccccc4c4c5ccccc5ccc43)c(-c3ccccc3)n2)cc1. The summed E-state index contributed by atoms with van der Waals surface area (Å²) in [6.45, 7) is 0. The topological polar surface area (TPSA) is 30.7 Å². The highest BCUT2D eigenvalue weighted by Gasteiger charge is 2.24. The Bertz CT molecular complexity index is 2120. The first kappa shape index (κ1) is 23.4. The Morgan fingerprint density at radius 3 is 1.54 bits per heavy atom. The van der Waals surface area contributed by atoms with E-state index in [-0.39, 0.29) is 0 Å². The maximum atomic E-state index is 5.30. The standard InChI is InChI=1S/C38H25N3/c1-4-15-27(16-5-1)35-37(36(28-17-6-2-7-18-28)40-38(39-35)29-19-8-3-9-20-29)41-32-23-13-12-22-31(32)34-30-21-11-10-14-26(30)24-25-33(34)41/h1-25H. The number of aromatic nitrogens is 3. The van der Waals surface area contributed by atoms with Crippen LogP contribution in [0.15, 0.2) is 152 Å². The fourth-order valence-corrected chi connectivity index (χ4v) is 5.96. The van der Waals surface area contributed by atoms with E-state index in [0.29, 0.717) is 5.82 Å². The van der Waals surface area contributed by atoms with Crippen LogP contribution in [0.3, 0.4) is 0 Å². The molecule has 41 heavy (non-hydrogen) atoms. The number of hydrogen-bond donors (Lipinski definition) is 0. The Kier molecular flexibility index (Phi) is 5.46. The van der Waals surface area contributed by atoms with Crippen molar-refractivity contribution in [3.05, 3.63) is 152 Å². The number of nitrogens with zero attached hydrogens (tertiary/aromatic N) is 3. The Balaban J connectivity index is 1.58. The predicted molar refractivity (Wildman–Crippen MR) is 170 cm³/mol. The third-order valence-electron chi connectivity index (χ3n) is 7.80. The van der Waals surface area contributed by atoms with Crippen molar-refractivity contribution in [2.75, 3.05) is 0 Å². The van der Waals surface area contributed by atoms with Gasteiger partial charge >= 0.3 is 0 Å². The molecule has 0 aliphatic rings. The normalized spacial score (nSPS) is 11.4. The summed E-state index contributed by atoms with van der Waals surface area (Å²) in [7, 11) is 0. The van der Waals surface area contributed by atoms with Crippen molar-refractivity contribution in [2.24, 2.45) is 0 Å². The molecule has 3 nitrogen and oxygen atoms in total. The van der Waals surface area contributed by atoms with Crippen LogP contribution in [0.2, 0.25) is 0 Å². The maximum Gasteiger partial charge on any atom is 0.160 e. The summed E-state index contributed by atoms with van der Waals surface area (Å²) >= 11 is 0. The molecule has 0 radical (unpaired) electrons. The minimum atomic E-state index is 0.707. The van der Waals surface area contributed by atoms with E-state index in [9.17, 15) is 0 Å². The molecule has 2 aromatic heterocycles.